The fourth-order valence-electron chi connectivity index (χ4n) is 3.27. The molecule has 1 aromatic rings. The van der Waals surface area contributed by atoms with Gasteiger partial charge in [-0.25, -0.2) is 0 Å². The molecule has 0 saturated carbocycles. The van der Waals surface area contributed by atoms with Crippen LogP contribution in [0.15, 0.2) is 0 Å². The van der Waals surface area contributed by atoms with Crippen molar-refractivity contribution >= 4 is 0 Å². The highest BCUT2D eigenvalue weighted by Gasteiger charge is 2.31. The van der Waals surface area contributed by atoms with Gasteiger partial charge >= 0.3 is 0 Å². The Morgan fingerprint density at radius 3 is 2.40 bits per heavy atom. The van der Waals surface area contributed by atoms with Crippen molar-refractivity contribution in [2.24, 2.45) is 0 Å². The average Bonchev–Trinajstić information content (AvgIpc) is 2.51. The van der Waals surface area contributed by atoms with Gasteiger partial charge in [-0.2, -0.15) is 0 Å². The van der Waals surface area contributed by atoms with Crippen molar-refractivity contribution in [3.63, 3.8) is 0 Å². The lowest BCUT2D eigenvalue weighted by atomic mass is 9.86. The van der Waals surface area contributed by atoms with E-state index in [2.05, 4.69) is 0 Å². The van der Waals surface area contributed by atoms with E-state index in [0.29, 0.717) is 0 Å². The van der Waals surface area contributed by atoms with E-state index in [9.17, 15) is 5.11 Å². The van der Waals surface area contributed by atoms with Crippen molar-refractivity contribution in [2.45, 2.75) is 38.5 Å². The predicted octanol–water partition coefficient (Wildman–Crippen LogP) is 2.44. The summed E-state index contributed by atoms with van der Waals surface area (Å²) in [5.74, 6) is 2.70. The average molecular weight is 278 g/mol. The molecule has 1 aromatic carbocycles. The molecule has 1 unspecified atom stereocenters. The van der Waals surface area contributed by atoms with E-state index < -0.39 is 0 Å². The fourth-order valence-corrected chi connectivity index (χ4v) is 3.27. The van der Waals surface area contributed by atoms with Crippen LogP contribution in [0.25, 0.3) is 0 Å². The van der Waals surface area contributed by atoms with Crippen LogP contribution < -0.4 is 14.2 Å². The number of benzene rings is 1. The van der Waals surface area contributed by atoms with Crippen molar-refractivity contribution in [3.8, 4) is 17.2 Å². The third kappa shape index (κ3) is 2.03. The molecule has 20 heavy (non-hydrogen) atoms. The molecule has 0 saturated heterocycles. The van der Waals surface area contributed by atoms with Crippen LogP contribution in [0.3, 0.4) is 0 Å². The zero-order valence-electron chi connectivity index (χ0n) is 12.2. The molecule has 0 bridgehead atoms. The van der Waals surface area contributed by atoms with E-state index in [1.165, 1.54) is 0 Å². The van der Waals surface area contributed by atoms with E-state index in [1.807, 2.05) is 6.92 Å². The maximum Gasteiger partial charge on any atom is 0.167 e. The minimum atomic E-state index is 0.0585. The molecule has 0 fully saturated rings. The Hall–Kier alpha value is -1.42. The van der Waals surface area contributed by atoms with Crippen LogP contribution in [0, 0.1) is 0 Å². The lowest BCUT2D eigenvalue weighted by molar-refractivity contribution is 0.238. The summed E-state index contributed by atoms with van der Waals surface area (Å²) in [4.78, 5) is 0. The number of ether oxygens (including phenoxy) is 3. The van der Waals surface area contributed by atoms with Gasteiger partial charge in [0.1, 0.15) is 5.75 Å². The van der Waals surface area contributed by atoms with Gasteiger partial charge < -0.3 is 19.3 Å². The summed E-state index contributed by atoms with van der Waals surface area (Å²) in [6.07, 6.45) is 3.90. The second kappa shape index (κ2) is 5.52. The SMILES string of the molecule is COc1c2c(c(C(C)CO)c3c1OCCC3)OCCC2. The second-order valence-electron chi connectivity index (χ2n) is 5.55. The quantitative estimate of drug-likeness (QED) is 0.922. The molecule has 0 amide bonds. The van der Waals surface area contributed by atoms with Gasteiger partial charge in [0.15, 0.2) is 11.5 Å². The third-order valence-corrected chi connectivity index (χ3v) is 4.20. The molecule has 4 heteroatoms. The number of fused-ring (bicyclic) bond motifs is 2. The lowest BCUT2D eigenvalue weighted by Crippen LogP contribution is -2.20. The van der Waals surface area contributed by atoms with Crippen LogP contribution in [0.4, 0.5) is 0 Å². The molecule has 2 heterocycles. The summed E-state index contributed by atoms with van der Waals surface area (Å²) < 4.78 is 17.4. The first kappa shape index (κ1) is 13.6. The Balaban J connectivity index is 2.26. The predicted molar refractivity (Wildman–Crippen MR) is 76.1 cm³/mol. The molecule has 2 aliphatic rings. The normalized spacial score (nSPS) is 18.4. The Labute approximate surface area is 119 Å². The maximum atomic E-state index is 9.59. The summed E-state index contributed by atoms with van der Waals surface area (Å²) in [5.41, 5.74) is 3.39. The van der Waals surface area contributed by atoms with Crippen LogP contribution in [0.1, 0.15) is 42.4 Å². The lowest BCUT2D eigenvalue weighted by Gasteiger charge is -2.31. The smallest absolute Gasteiger partial charge is 0.167 e. The summed E-state index contributed by atoms with van der Waals surface area (Å²) in [5, 5.41) is 9.59. The Morgan fingerprint density at radius 1 is 1.10 bits per heavy atom. The number of aliphatic hydroxyl groups is 1. The first-order valence-corrected chi connectivity index (χ1v) is 7.40. The first-order valence-electron chi connectivity index (χ1n) is 7.40. The van der Waals surface area contributed by atoms with Crippen LogP contribution >= 0.6 is 0 Å². The van der Waals surface area contributed by atoms with Gasteiger partial charge in [-0.1, -0.05) is 6.92 Å². The molecular formula is C16H22O4. The topological polar surface area (TPSA) is 47.9 Å². The van der Waals surface area contributed by atoms with Crippen LogP contribution in [0.5, 0.6) is 17.2 Å². The van der Waals surface area contributed by atoms with Crippen LogP contribution in [-0.2, 0) is 12.8 Å². The zero-order valence-corrected chi connectivity index (χ0v) is 12.2. The Morgan fingerprint density at radius 2 is 1.75 bits per heavy atom. The Bertz CT molecular complexity index is 473. The van der Waals surface area contributed by atoms with E-state index in [0.717, 1.165) is 72.8 Å². The van der Waals surface area contributed by atoms with E-state index in [4.69, 9.17) is 14.2 Å². The molecule has 4 nitrogen and oxygen atoms in total. The maximum absolute atomic E-state index is 9.59. The van der Waals surface area contributed by atoms with Crippen LogP contribution in [0.2, 0.25) is 0 Å². The summed E-state index contributed by atoms with van der Waals surface area (Å²) in [7, 11) is 1.69. The van der Waals surface area contributed by atoms with E-state index in [-0.39, 0.29) is 12.5 Å². The molecule has 3 rings (SSSR count). The molecule has 1 atom stereocenters. The van der Waals surface area contributed by atoms with Gasteiger partial charge in [-0.05, 0) is 25.7 Å². The van der Waals surface area contributed by atoms with Gasteiger partial charge in [-0.3, -0.25) is 0 Å². The fraction of sp³-hybridized carbons (Fsp3) is 0.625. The van der Waals surface area contributed by atoms with Gasteiger partial charge in [-0.15, -0.1) is 0 Å². The van der Waals surface area contributed by atoms with Crippen molar-refractivity contribution in [3.05, 3.63) is 16.7 Å². The number of hydrogen-bond donors (Lipinski definition) is 1. The minimum absolute atomic E-state index is 0.0585. The van der Waals surface area contributed by atoms with Crippen LogP contribution in [-0.4, -0.2) is 32.0 Å². The summed E-state index contributed by atoms with van der Waals surface area (Å²) in [6, 6.07) is 0. The number of hydrogen-bond acceptors (Lipinski definition) is 4. The van der Waals surface area contributed by atoms with Gasteiger partial charge in [0.2, 0.25) is 0 Å². The number of aliphatic hydroxyl groups excluding tert-OH is 1. The van der Waals surface area contributed by atoms with Crippen molar-refractivity contribution in [1.29, 1.82) is 0 Å². The van der Waals surface area contributed by atoms with E-state index in [1.54, 1.807) is 7.11 Å². The molecule has 0 aliphatic carbocycles. The molecular weight excluding hydrogens is 256 g/mol. The number of methoxy groups -OCH3 is 1. The Kier molecular flexibility index (Phi) is 3.74. The third-order valence-electron chi connectivity index (χ3n) is 4.20. The van der Waals surface area contributed by atoms with Gasteiger partial charge in [0, 0.05) is 29.2 Å². The highest BCUT2D eigenvalue weighted by atomic mass is 16.5. The highest BCUT2D eigenvalue weighted by molar-refractivity contribution is 5.65. The second-order valence-corrected chi connectivity index (χ2v) is 5.55. The van der Waals surface area contributed by atoms with Gasteiger partial charge in [0.25, 0.3) is 0 Å². The monoisotopic (exact) mass is 278 g/mol. The van der Waals surface area contributed by atoms with Crippen molar-refractivity contribution in [1.82, 2.24) is 0 Å². The standard InChI is InChI=1S/C16H22O4/c1-10(9-17)13-11-5-3-8-20-16(11)15(18-2)12-6-4-7-19-14(12)13/h10,17H,3-9H2,1-2H3. The largest absolute Gasteiger partial charge is 0.493 e. The first-order chi connectivity index (χ1) is 9.77. The molecule has 0 aromatic heterocycles. The molecule has 110 valence electrons. The van der Waals surface area contributed by atoms with E-state index >= 15 is 0 Å². The molecule has 0 spiro atoms. The molecule has 1 N–H and O–H groups in total. The van der Waals surface area contributed by atoms with Crippen molar-refractivity contribution < 1.29 is 19.3 Å². The highest BCUT2D eigenvalue weighted by Crippen LogP contribution is 2.50. The zero-order chi connectivity index (χ0) is 14.1. The molecule has 2 aliphatic heterocycles. The molecule has 0 radical (unpaired) electrons. The minimum Gasteiger partial charge on any atom is -0.493 e. The summed E-state index contributed by atoms with van der Waals surface area (Å²) >= 11 is 0. The van der Waals surface area contributed by atoms with Gasteiger partial charge in [0.05, 0.1) is 20.3 Å². The number of rotatable bonds is 3. The van der Waals surface area contributed by atoms with Crippen molar-refractivity contribution in [2.75, 3.05) is 26.9 Å². The summed E-state index contributed by atoms with van der Waals surface area (Å²) in [6.45, 7) is 3.63.